The molecule has 0 bridgehead atoms. The predicted octanol–water partition coefficient (Wildman–Crippen LogP) is 3.36. The molecule has 102 valence electrons. The number of rotatable bonds is 3. The lowest BCUT2D eigenvalue weighted by molar-refractivity contribution is 0.101. The second-order valence-corrected chi connectivity index (χ2v) is 4.49. The largest absolute Gasteiger partial charge is 0.383 e. The number of halogens is 2. The molecule has 0 spiro atoms. The van der Waals surface area contributed by atoms with Gasteiger partial charge in [0.15, 0.2) is 11.6 Å². The van der Waals surface area contributed by atoms with Crippen LogP contribution in [0.5, 0.6) is 0 Å². The van der Waals surface area contributed by atoms with Gasteiger partial charge in [-0.2, -0.15) is 0 Å². The van der Waals surface area contributed by atoms with Crippen molar-refractivity contribution in [2.75, 3.05) is 5.73 Å². The summed E-state index contributed by atoms with van der Waals surface area (Å²) in [6.45, 7) is 4.95. The number of aromatic nitrogens is 2. The molecule has 0 amide bonds. The fourth-order valence-electron chi connectivity index (χ4n) is 1.72. The van der Waals surface area contributed by atoms with Gasteiger partial charge in [-0.15, -0.1) is 0 Å². The molecule has 0 saturated carbocycles. The summed E-state index contributed by atoms with van der Waals surface area (Å²) in [4.78, 5) is 19.8. The molecule has 1 aromatic carbocycles. The maximum absolute atomic E-state index is 13.2. The lowest BCUT2D eigenvalue weighted by atomic mass is 10.1. The number of nitrogens with two attached hydrogens (primary N) is 1. The Morgan fingerprint density at radius 1 is 1.45 bits per heavy atom. The number of nitrogens with zero attached hydrogens (tertiary/aromatic N) is 2. The van der Waals surface area contributed by atoms with E-state index in [4.69, 9.17) is 17.3 Å². The molecule has 0 atom stereocenters. The molecule has 1 heterocycles. The van der Waals surface area contributed by atoms with Crippen LogP contribution >= 0.6 is 11.6 Å². The van der Waals surface area contributed by atoms with E-state index in [1.165, 1.54) is 31.2 Å². The monoisotopic (exact) mass is 291 g/mol. The number of anilines is 1. The average molecular weight is 292 g/mol. The van der Waals surface area contributed by atoms with Crippen LogP contribution in [0.3, 0.4) is 0 Å². The molecule has 2 rings (SSSR count). The van der Waals surface area contributed by atoms with Crippen LogP contribution in [0.4, 0.5) is 10.2 Å². The van der Waals surface area contributed by atoms with Crippen molar-refractivity contribution in [3.63, 3.8) is 0 Å². The van der Waals surface area contributed by atoms with Gasteiger partial charge in [0.1, 0.15) is 17.3 Å². The van der Waals surface area contributed by atoms with Gasteiger partial charge in [0.05, 0.1) is 5.02 Å². The van der Waals surface area contributed by atoms with Gasteiger partial charge >= 0.3 is 0 Å². The highest BCUT2D eigenvalue weighted by atomic mass is 35.5. The maximum Gasteiger partial charge on any atom is 0.178 e. The van der Waals surface area contributed by atoms with Gasteiger partial charge in [-0.25, -0.2) is 14.4 Å². The topological polar surface area (TPSA) is 68.9 Å². The van der Waals surface area contributed by atoms with E-state index in [-0.39, 0.29) is 28.1 Å². The number of hydrogen-bond donors (Lipinski definition) is 1. The van der Waals surface area contributed by atoms with Crippen molar-refractivity contribution in [3.8, 4) is 11.4 Å². The molecule has 0 aliphatic rings. The minimum Gasteiger partial charge on any atom is -0.383 e. The van der Waals surface area contributed by atoms with E-state index < -0.39 is 5.82 Å². The number of ketones is 1. The molecule has 6 heteroatoms. The van der Waals surface area contributed by atoms with Crippen LogP contribution in [0, 0.1) is 5.82 Å². The number of carbonyl (C=O) groups is 1. The summed E-state index contributed by atoms with van der Waals surface area (Å²) < 4.78 is 13.2. The first kappa shape index (κ1) is 14.1. The fraction of sp³-hybridized carbons (Fsp3) is 0.0714. The van der Waals surface area contributed by atoms with Gasteiger partial charge in [-0.3, -0.25) is 4.79 Å². The molecule has 20 heavy (non-hydrogen) atoms. The molecular weight excluding hydrogens is 281 g/mol. The lowest BCUT2D eigenvalue weighted by Gasteiger charge is -2.08. The van der Waals surface area contributed by atoms with Crippen LogP contribution in [-0.4, -0.2) is 15.8 Å². The zero-order valence-electron chi connectivity index (χ0n) is 10.7. The summed E-state index contributed by atoms with van der Waals surface area (Å²) in [5, 5.41) is -0.0538. The minimum absolute atomic E-state index is 0.0538. The van der Waals surface area contributed by atoms with Gasteiger partial charge in [0, 0.05) is 18.1 Å². The van der Waals surface area contributed by atoms with Gasteiger partial charge in [0.2, 0.25) is 0 Å². The number of benzene rings is 1. The van der Waals surface area contributed by atoms with E-state index in [2.05, 4.69) is 16.5 Å². The van der Waals surface area contributed by atoms with E-state index in [9.17, 15) is 9.18 Å². The van der Waals surface area contributed by atoms with E-state index in [1.807, 2.05) is 0 Å². The first-order valence-corrected chi connectivity index (χ1v) is 6.08. The molecule has 0 unspecified atom stereocenters. The molecule has 0 radical (unpaired) electrons. The van der Waals surface area contributed by atoms with Crippen molar-refractivity contribution in [2.24, 2.45) is 0 Å². The van der Waals surface area contributed by atoms with Crippen LogP contribution in [0.25, 0.3) is 17.5 Å². The van der Waals surface area contributed by atoms with Crippen LogP contribution < -0.4 is 5.73 Å². The average Bonchev–Trinajstić information content (AvgIpc) is 2.40. The first-order valence-electron chi connectivity index (χ1n) is 5.70. The van der Waals surface area contributed by atoms with Gasteiger partial charge in [0.25, 0.3) is 0 Å². The lowest BCUT2D eigenvalue weighted by Crippen LogP contribution is -2.08. The Labute approximate surface area is 120 Å². The molecular formula is C14H11ClFN3O. The Bertz CT molecular complexity index is 716. The third-order valence-electron chi connectivity index (χ3n) is 2.69. The smallest absolute Gasteiger partial charge is 0.178 e. The SMILES string of the molecule is C=Cc1c(N)nc(-c2ccc(F)c(Cl)c2)nc1C(C)=O. The van der Waals surface area contributed by atoms with Crippen LogP contribution in [0.15, 0.2) is 24.8 Å². The highest BCUT2D eigenvalue weighted by molar-refractivity contribution is 6.31. The Kier molecular flexibility index (Phi) is 3.81. The van der Waals surface area contributed by atoms with Gasteiger partial charge in [-0.1, -0.05) is 24.3 Å². The number of carbonyl (C=O) groups excluding carboxylic acids is 1. The quantitative estimate of drug-likeness (QED) is 0.880. The minimum atomic E-state index is -0.544. The van der Waals surface area contributed by atoms with E-state index in [0.29, 0.717) is 11.1 Å². The van der Waals surface area contributed by atoms with Gasteiger partial charge in [-0.05, 0) is 18.2 Å². The third kappa shape index (κ3) is 2.53. The Morgan fingerprint density at radius 3 is 2.70 bits per heavy atom. The molecule has 2 aromatic rings. The van der Waals surface area contributed by atoms with Crippen LogP contribution in [-0.2, 0) is 0 Å². The Balaban J connectivity index is 2.66. The highest BCUT2D eigenvalue weighted by Crippen LogP contribution is 2.25. The van der Waals surface area contributed by atoms with Crippen LogP contribution in [0.2, 0.25) is 5.02 Å². The summed E-state index contributed by atoms with van der Waals surface area (Å²) >= 11 is 5.72. The highest BCUT2D eigenvalue weighted by Gasteiger charge is 2.15. The standard InChI is InChI=1S/C14H11ClFN3O/c1-3-9-12(7(2)20)18-14(19-13(9)17)8-4-5-11(16)10(15)6-8/h3-6H,1H2,2H3,(H2,17,18,19). The molecule has 1 aromatic heterocycles. The van der Waals surface area contributed by atoms with Crippen molar-refractivity contribution in [1.29, 1.82) is 0 Å². The summed E-state index contributed by atoms with van der Waals surface area (Å²) in [6, 6.07) is 4.04. The Morgan fingerprint density at radius 2 is 2.15 bits per heavy atom. The van der Waals surface area contributed by atoms with E-state index in [0.717, 1.165) is 0 Å². The Hall–Kier alpha value is -2.27. The second kappa shape index (κ2) is 5.38. The maximum atomic E-state index is 13.2. The van der Waals surface area contributed by atoms with Crippen molar-refractivity contribution >= 4 is 29.3 Å². The summed E-state index contributed by atoms with van der Waals surface area (Å²) in [7, 11) is 0. The van der Waals surface area contributed by atoms with Crippen molar-refractivity contribution in [2.45, 2.75) is 6.92 Å². The summed E-state index contributed by atoms with van der Waals surface area (Å²) in [5.41, 5.74) is 6.82. The van der Waals surface area contributed by atoms with E-state index in [1.54, 1.807) is 0 Å². The summed E-state index contributed by atoms with van der Waals surface area (Å²) in [6.07, 6.45) is 1.42. The number of nitrogen functional groups attached to an aromatic ring is 1. The summed E-state index contributed by atoms with van der Waals surface area (Å²) in [5.74, 6) is -0.461. The van der Waals surface area contributed by atoms with E-state index >= 15 is 0 Å². The third-order valence-corrected chi connectivity index (χ3v) is 2.98. The molecule has 0 aliphatic heterocycles. The fourth-order valence-corrected chi connectivity index (χ4v) is 1.90. The van der Waals surface area contributed by atoms with Gasteiger partial charge < -0.3 is 5.73 Å². The zero-order valence-corrected chi connectivity index (χ0v) is 11.4. The van der Waals surface area contributed by atoms with Crippen molar-refractivity contribution in [1.82, 2.24) is 9.97 Å². The molecule has 0 saturated heterocycles. The molecule has 4 nitrogen and oxygen atoms in total. The molecule has 0 aliphatic carbocycles. The zero-order chi connectivity index (χ0) is 14.9. The molecule has 2 N–H and O–H groups in total. The van der Waals surface area contributed by atoms with Crippen LogP contribution in [0.1, 0.15) is 23.0 Å². The predicted molar refractivity (Wildman–Crippen MR) is 76.9 cm³/mol. The first-order chi connectivity index (χ1) is 9.43. The van der Waals surface area contributed by atoms with Crippen molar-refractivity contribution in [3.05, 3.63) is 46.9 Å². The normalized spacial score (nSPS) is 10.3. The second-order valence-electron chi connectivity index (χ2n) is 4.08. The number of Topliss-reactive ketones (excluding diaryl/α,β-unsaturated/α-hetero) is 1. The molecule has 0 fully saturated rings. The van der Waals surface area contributed by atoms with Crippen molar-refractivity contribution < 1.29 is 9.18 Å². The number of hydrogen-bond acceptors (Lipinski definition) is 4.